The van der Waals surface area contributed by atoms with Crippen LogP contribution in [0, 0.1) is 16.7 Å². The van der Waals surface area contributed by atoms with Crippen LogP contribution in [0.15, 0.2) is 34.9 Å². The van der Waals surface area contributed by atoms with Crippen molar-refractivity contribution >= 4 is 29.1 Å². The van der Waals surface area contributed by atoms with E-state index in [1.807, 2.05) is 13.0 Å². The summed E-state index contributed by atoms with van der Waals surface area (Å²) in [5.74, 6) is -0.911. The average molecular weight is 433 g/mol. The molecule has 6 heteroatoms. The van der Waals surface area contributed by atoms with Gasteiger partial charge in [-0.1, -0.05) is 31.1 Å². The van der Waals surface area contributed by atoms with Gasteiger partial charge >= 0.3 is 5.97 Å². The first kappa shape index (κ1) is 21.5. The highest BCUT2D eigenvalue weighted by molar-refractivity contribution is 6.29. The van der Waals surface area contributed by atoms with Crippen molar-refractivity contribution in [2.45, 2.75) is 71.0 Å². The van der Waals surface area contributed by atoms with Gasteiger partial charge in [0.25, 0.3) is 0 Å². The molecule has 0 unspecified atom stereocenters. The van der Waals surface area contributed by atoms with E-state index in [-0.39, 0.29) is 29.8 Å². The second-order valence-corrected chi connectivity index (χ2v) is 9.75. The van der Waals surface area contributed by atoms with Crippen LogP contribution in [-0.2, 0) is 19.1 Å². The van der Waals surface area contributed by atoms with E-state index < -0.39 is 28.5 Å². The van der Waals surface area contributed by atoms with Crippen LogP contribution < -0.4 is 0 Å². The minimum absolute atomic E-state index is 0.0132. The number of hydrogen-bond acceptors (Lipinski definition) is 5. The average Bonchev–Trinajstić information content (AvgIpc) is 3.00. The molecule has 5 atom stereocenters. The number of carbonyl (C=O) groups excluding carboxylic acids is 3. The molecule has 0 aliphatic heterocycles. The van der Waals surface area contributed by atoms with Crippen molar-refractivity contribution in [3.05, 3.63) is 34.9 Å². The molecule has 0 spiro atoms. The lowest BCUT2D eigenvalue weighted by Gasteiger charge is -2.53. The number of alkyl halides is 1. The lowest BCUT2D eigenvalue weighted by molar-refractivity contribution is -0.183. The zero-order valence-electron chi connectivity index (χ0n) is 17.8. The zero-order valence-corrected chi connectivity index (χ0v) is 18.6. The molecule has 162 valence electrons. The Bertz CT molecular complexity index is 915. The Balaban J connectivity index is 1.84. The number of ketones is 2. The lowest BCUT2D eigenvalue weighted by Crippen LogP contribution is -2.58. The Kier molecular flexibility index (Phi) is 5.14. The molecule has 0 aromatic rings. The van der Waals surface area contributed by atoms with Crippen molar-refractivity contribution in [2.75, 3.05) is 5.88 Å². The number of Topliss-reactive ketones (excluding diaryl/α,β-unsaturated/α-hetero) is 1. The number of carbonyl (C=O) groups is 3. The topological polar surface area (TPSA) is 80.7 Å². The van der Waals surface area contributed by atoms with Crippen LogP contribution in [0.3, 0.4) is 0 Å². The van der Waals surface area contributed by atoms with Gasteiger partial charge in [0, 0.05) is 17.3 Å². The molecule has 30 heavy (non-hydrogen) atoms. The van der Waals surface area contributed by atoms with Gasteiger partial charge < -0.3 is 9.84 Å². The van der Waals surface area contributed by atoms with Crippen molar-refractivity contribution in [3.8, 4) is 0 Å². The lowest BCUT2D eigenvalue weighted by atomic mass is 9.52. The van der Waals surface area contributed by atoms with Crippen molar-refractivity contribution in [1.82, 2.24) is 0 Å². The maximum Gasteiger partial charge on any atom is 0.306 e. The Morgan fingerprint density at radius 2 is 2.03 bits per heavy atom. The summed E-state index contributed by atoms with van der Waals surface area (Å²) in [5, 5.41) is 11.4. The third kappa shape index (κ3) is 2.74. The molecule has 0 heterocycles. The molecule has 0 saturated heterocycles. The highest BCUT2D eigenvalue weighted by Gasteiger charge is 2.67. The van der Waals surface area contributed by atoms with Gasteiger partial charge in [-0.15, -0.1) is 11.6 Å². The standard InChI is InChI=1S/C24H29ClO5/c1-4-20(29)30-24(19(28)13-25)10-8-17-16-6-5-14-11-15(26)7-9-22(14,2)21(16)18(27)12-23(17,24)3/h7,9,11,17-18,27H,4-6,8,10,12-13H2,1-3H3/t17-,18+,22-,23-,24-/m0/s1. The van der Waals surface area contributed by atoms with E-state index in [1.54, 1.807) is 19.1 Å². The molecule has 0 bridgehead atoms. The molecule has 4 rings (SSSR count). The predicted molar refractivity (Wildman–Crippen MR) is 113 cm³/mol. The minimum atomic E-state index is -1.30. The van der Waals surface area contributed by atoms with E-state index in [1.165, 1.54) is 0 Å². The quantitative estimate of drug-likeness (QED) is 0.415. The molecule has 0 aromatic heterocycles. The molecule has 0 amide bonds. The SMILES string of the molecule is CCC(=O)O[C@]1(C(=O)CCl)CC[C@H]2C3=C([C@H](O)C[C@@]21C)[C@@]1(C)C=CC(=O)C=C1CC3. The number of esters is 1. The van der Waals surface area contributed by atoms with Crippen molar-refractivity contribution in [3.63, 3.8) is 0 Å². The fourth-order valence-corrected chi connectivity index (χ4v) is 6.86. The summed E-state index contributed by atoms with van der Waals surface area (Å²) >= 11 is 5.98. The summed E-state index contributed by atoms with van der Waals surface area (Å²) in [5.41, 5.74) is 0.656. The second kappa shape index (κ2) is 7.16. The maximum atomic E-state index is 13.1. The summed E-state index contributed by atoms with van der Waals surface area (Å²) < 4.78 is 5.87. The first-order valence-electron chi connectivity index (χ1n) is 10.8. The summed E-state index contributed by atoms with van der Waals surface area (Å²) in [6, 6.07) is 0. The van der Waals surface area contributed by atoms with E-state index in [0.717, 1.165) is 29.6 Å². The zero-order chi connectivity index (χ0) is 21.9. The number of rotatable bonds is 4. The third-order valence-electron chi connectivity index (χ3n) is 8.13. The van der Waals surface area contributed by atoms with Gasteiger partial charge in [-0.05, 0) is 62.7 Å². The van der Waals surface area contributed by atoms with E-state index in [2.05, 4.69) is 6.92 Å². The Morgan fingerprint density at radius 1 is 1.30 bits per heavy atom. The van der Waals surface area contributed by atoms with Gasteiger partial charge in [-0.2, -0.15) is 0 Å². The Hall–Kier alpha value is -1.72. The number of fused-ring (bicyclic) bond motifs is 4. The van der Waals surface area contributed by atoms with Crippen LogP contribution in [0.5, 0.6) is 0 Å². The molecule has 4 aliphatic rings. The fraction of sp³-hybridized carbons (Fsp3) is 0.625. The molecule has 1 fully saturated rings. The Labute approximate surface area is 182 Å². The Morgan fingerprint density at radius 3 is 2.70 bits per heavy atom. The van der Waals surface area contributed by atoms with E-state index >= 15 is 0 Å². The second-order valence-electron chi connectivity index (χ2n) is 9.49. The van der Waals surface area contributed by atoms with E-state index in [9.17, 15) is 19.5 Å². The number of halogens is 1. The summed E-state index contributed by atoms with van der Waals surface area (Å²) in [4.78, 5) is 37.3. The van der Waals surface area contributed by atoms with Crippen LogP contribution in [-0.4, -0.2) is 40.2 Å². The number of aliphatic hydroxyl groups excluding tert-OH is 1. The summed E-state index contributed by atoms with van der Waals surface area (Å²) in [6.07, 6.45) is 7.52. The molecular formula is C24H29ClO5. The van der Waals surface area contributed by atoms with E-state index in [4.69, 9.17) is 16.3 Å². The van der Waals surface area contributed by atoms with E-state index in [0.29, 0.717) is 19.3 Å². The van der Waals surface area contributed by atoms with Gasteiger partial charge in [0.2, 0.25) is 0 Å². The summed E-state index contributed by atoms with van der Waals surface area (Å²) in [7, 11) is 0. The monoisotopic (exact) mass is 432 g/mol. The third-order valence-corrected chi connectivity index (χ3v) is 8.37. The highest BCUT2D eigenvalue weighted by Crippen LogP contribution is 2.65. The van der Waals surface area contributed by atoms with Crippen molar-refractivity contribution in [1.29, 1.82) is 0 Å². The molecule has 4 aliphatic carbocycles. The number of ether oxygens (including phenoxy) is 1. The van der Waals surface area contributed by atoms with Crippen LogP contribution in [0.4, 0.5) is 0 Å². The fourth-order valence-electron chi connectivity index (χ4n) is 6.64. The molecule has 5 nitrogen and oxygen atoms in total. The maximum absolute atomic E-state index is 13.1. The number of aliphatic hydroxyl groups is 1. The smallest absolute Gasteiger partial charge is 0.306 e. The normalized spacial score (nSPS) is 39.8. The minimum Gasteiger partial charge on any atom is -0.450 e. The van der Waals surface area contributed by atoms with Crippen molar-refractivity contribution < 1.29 is 24.2 Å². The van der Waals surface area contributed by atoms with Gasteiger partial charge in [0.05, 0.1) is 12.0 Å². The first-order chi connectivity index (χ1) is 14.1. The van der Waals surface area contributed by atoms with Crippen LogP contribution in [0.2, 0.25) is 0 Å². The van der Waals surface area contributed by atoms with Gasteiger partial charge in [0.1, 0.15) is 0 Å². The van der Waals surface area contributed by atoms with Crippen LogP contribution >= 0.6 is 11.6 Å². The van der Waals surface area contributed by atoms with Gasteiger partial charge in [0.15, 0.2) is 17.2 Å². The van der Waals surface area contributed by atoms with Gasteiger partial charge in [-0.3, -0.25) is 14.4 Å². The number of allylic oxidation sites excluding steroid dienone is 5. The largest absolute Gasteiger partial charge is 0.450 e. The van der Waals surface area contributed by atoms with Crippen molar-refractivity contribution in [2.24, 2.45) is 16.7 Å². The highest BCUT2D eigenvalue weighted by atomic mass is 35.5. The van der Waals surface area contributed by atoms with Crippen LogP contribution in [0.25, 0.3) is 0 Å². The molecule has 0 radical (unpaired) electrons. The predicted octanol–water partition coefficient (Wildman–Crippen LogP) is 3.83. The molecular weight excluding hydrogens is 404 g/mol. The van der Waals surface area contributed by atoms with Gasteiger partial charge in [-0.25, -0.2) is 0 Å². The molecule has 1 saturated carbocycles. The molecule has 1 N–H and O–H groups in total. The molecule has 0 aromatic carbocycles. The summed E-state index contributed by atoms with van der Waals surface area (Å²) in [6.45, 7) is 5.74. The first-order valence-corrected chi connectivity index (χ1v) is 11.3. The van der Waals surface area contributed by atoms with Crippen LogP contribution in [0.1, 0.15) is 59.3 Å². The number of hydrogen-bond donors (Lipinski definition) is 1.